The molecule has 0 atom stereocenters. The highest BCUT2D eigenvalue weighted by atomic mass is 15.1. The third-order valence-electron chi connectivity index (χ3n) is 12.1. The summed E-state index contributed by atoms with van der Waals surface area (Å²) in [5.41, 5.74) is 15.4. The molecule has 1 aliphatic carbocycles. The first kappa shape index (κ1) is 33.8. The third kappa shape index (κ3) is 5.32. The van der Waals surface area contributed by atoms with Crippen LogP contribution >= 0.6 is 0 Å². The van der Waals surface area contributed by atoms with Gasteiger partial charge in [0, 0.05) is 16.8 Å². The molecular formula is C57H39N. The van der Waals surface area contributed by atoms with Crippen molar-refractivity contribution in [1.82, 2.24) is 0 Å². The van der Waals surface area contributed by atoms with Gasteiger partial charge in [-0.05, 0) is 102 Å². The molecule has 1 heteroatoms. The quantitative estimate of drug-likeness (QED) is 0.147. The van der Waals surface area contributed by atoms with E-state index in [-0.39, 0.29) is 0 Å². The number of rotatable bonds is 7. The molecule has 58 heavy (non-hydrogen) atoms. The second kappa shape index (κ2) is 13.9. The molecule has 10 aromatic rings. The first-order chi connectivity index (χ1) is 28.8. The summed E-state index contributed by atoms with van der Waals surface area (Å²) in [6.45, 7) is 0. The molecular weight excluding hydrogens is 699 g/mol. The van der Waals surface area contributed by atoms with Crippen molar-refractivity contribution < 1.29 is 0 Å². The van der Waals surface area contributed by atoms with Crippen molar-refractivity contribution in [1.29, 1.82) is 0 Å². The molecule has 0 bridgehead atoms. The molecule has 0 aliphatic heterocycles. The van der Waals surface area contributed by atoms with Crippen LogP contribution in [0.5, 0.6) is 0 Å². The second-order valence-corrected chi connectivity index (χ2v) is 15.2. The number of anilines is 3. The van der Waals surface area contributed by atoms with Crippen molar-refractivity contribution in [2.75, 3.05) is 4.90 Å². The van der Waals surface area contributed by atoms with Crippen LogP contribution in [0.4, 0.5) is 17.1 Å². The highest BCUT2D eigenvalue weighted by Gasteiger charge is 2.46. The fourth-order valence-electron chi connectivity index (χ4n) is 9.62. The van der Waals surface area contributed by atoms with E-state index in [1.165, 1.54) is 77.2 Å². The minimum Gasteiger partial charge on any atom is -0.310 e. The van der Waals surface area contributed by atoms with E-state index in [2.05, 4.69) is 241 Å². The Bertz CT molecular complexity index is 3050. The molecule has 11 rings (SSSR count). The zero-order valence-electron chi connectivity index (χ0n) is 32.0. The third-order valence-corrected chi connectivity index (χ3v) is 12.1. The summed E-state index contributed by atoms with van der Waals surface area (Å²) < 4.78 is 0. The minimum atomic E-state index is -0.457. The number of nitrogens with zero attached hydrogens (tertiary/aromatic N) is 1. The van der Waals surface area contributed by atoms with Crippen LogP contribution in [-0.4, -0.2) is 0 Å². The van der Waals surface area contributed by atoms with Crippen molar-refractivity contribution in [3.05, 3.63) is 259 Å². The van der Waals surface area contributed by atoms with Crippen LogP contribution in [-0.2, 0) is 5.41 Å². The van der Waals surface area contributed by atoms with Gasteiger partial charge in [-0.1, -0.05) is 206 Å². The van der Waals surface area contributed by atoms with Crippen molar-refractivity contribution >= 4 is 38.6 Å². The summed E-state index contributed by atoms with van der Waals surface area (Å²) in [4.78, 5) is 2.47. The number of fused-ring (bicyclic) bond motifs is 6. The lowest BCUT2D eigenvalue weighted by Gasteiger charge is -2.34. The minimum absolute atomic E-state index is 0.457. The predicted octanol–water partition coefficient (Wildman–Crippen LogP) is 15.2. The standard InChI is InChI=1S/C57H39N/c1-4-18-40(19-5-1)47-25-12-13-26-48(47)41-32-34-45(35-33-41)58(56-38-42-20-10-11-27-49(42)50-28-14-15-30-52(50)56)46-36-37-55-53(39-46)51-29-16-17-31-54(51)57(55,43-21-6-2-7-22-43)44-23-8-3-9-24-44/h1-39H. The number of benzene rings is 10. The first-order valence-corrected chi connectivity index (χ1v) is 20.1. The van der Waals surface area contributed by atoms with Gasteiger partial charge in [-0.2, -0.15) is 0 Å². The van der Waals surface area contributed by atoms with Gasteiger partial charge in [0.2, 0.25) is 0 Å². The Hall–Kier alpha value is -7.48. The van der Waals surface area contributed by atoms with Gasteiger partial charge < -0.3 is 4.90 Å². The van der Waals surface area contributed by atoms with E-state index >= 15 is 0 Å². The van der Waals surface area contributed by atoms with Crippen LogP contribution in [0.15, 0.2) is 237 Å². The molecule has 0 spiro atoms. The van der Waals surface area contributed by atoms with Crippen LogP contribution < -0.4 is 4.90 Å². The van der Waals surface area contributed by atoms with Gasteiger partial charge in [-0.25, -0.2) is 0 Å². The van der Waals surface area contributed by atoms with E-state index in [4.69, 9.17) is 0 Å². The van der Waals surface area contributed by atoms with Gasteiger partial charge in [0.15, 0.2) is 0 Å². The fourth-order valence-corrected chi connectivity index (χ4v) is 9.62. The molecule has 272 valence electrons. The lowest BCUT2D eigenvalue weighted by Crippen LogP contribution is -2.28. The normalized spacial score (nSPS) is 12.6. The smallest absolute Gasteiger partial charge is 0.0713 e. The van der Waals surface area contributed by atoms with Gasteiger partial charge in [0.05, 0.1) is 11.1 Å². The topological polar surface area (TPSA) is 3.24 Å². The van der Waals surface area contributed by atoms with Crippen LogP contribution in [0.3, 0.4) is 0 Å². The summed E-state index contributed by atoms with van der Waals surface area (Å²) in [5.74, 6) is 0. The predicted molar refractivity (Wildman–Crippen MR) is 244 cm³/mol. The zero-order valence-corrected chi connectivity index (χ0v) is 32.0. The van der Waals surface area contributed by atoms with Gasteiger partial charge >= 0.3 is 0 Å². The first-order valence-electron chi connectivity index (χ1n) is 20.1. The molecule has 0 unspecified atom stereocenters. The number of hydrogen-bond acceptors (Lipinski definition) is 1. The molecule has 0 saturated heterocycles. The molecule has 0 fully saturated rings. The van der Waals surface area contributed by atoms with Crippen molar-refractivity contribution in [2.45, 2.75) is 5.41 Å². The van der Waals surface area contributed by atoms with Gasteiger partial charge in [-0.3, -0.25) is 0 Å². The van der Waals surface area contributed by atoms with Crippen LogP contribution in [0, 0.1) is 0 Å². The SMILES string of the molecule is c1ccc(-c2ccccc2-c2ccc(N(c3ccc4c(c3)-c3ccccc3C4(c3ccccc3)c3ccccc3)c3cc4ccccc4c4ccccc34)cc2)cc1. The maximum atomic E-state index is 2.47. The Morgan fingerprint density at radius 3 is 1.45 bits per heavy atom. The Morgan fingerprint density at radius 2 is 0.776 bits per heavy atom. The van der Waals surface area contributed by atoms with Gasteiger partial charge in [-0.15, -0.1) is 0 Å². The van der Waals surface area contributed by atoms with E-state index in [0.29, 0.717) is 0 Å². The molecule has 1 nitrogen and oxygen atoms in total. The maximum Gasteiger partial charge on any atom is 0.0713 e. The summed E-state index contributed by atoms with van der Waals surface area (Å²) in [7, 11) is 0. The summed E-state index contributed by atoms with van der Waals surface area (Å²) in [6, 6.07) is 86.8. The molecule has 0 saturated carbocycles. The lowest BCUT2D eigenvalue weighted by molar-refractivity contribution is 0.768. The fraction of sp³-hybridized carbons (Fsp3) is 0.0175. The van der Waals surface area contributed by atoms with E-state index < -0.39 is 5.41 Å². The second-order valence-electron chi connectivity index (χ2n) is 15.2. The maximum absolute atomic E-state index is 2.47. The number of hydrogen-bond donors (Lipinski definition) is 0. The van der Waals surface area contributed by atoms with Crippen molar-refractivity contribution in [3.8, 4) is 33.4 Å². The molecule has 0 heterocycles. The zero-order chi connectivity index (χ0) is 38.5. The Balaban J connectivity index is 1.15. The largest absolute Gasteiger partial charge is 0.310 e. The lowest BCUT2D eigenvalue weighted by atomic mass is 9.68. The Kier molecular flexibility index (Phi) is 8.12. The van der Waals surface area contributed by atoms with Gasteiger partial charge in [0.25, 0.3) is 0 Å². The summed E-state index contributed by atoms with van der Waals surface area (Å²) in [5, 5.41) is 4.93. The highest BCUT2D eigenvalue weighted by molar-refractivity contribution is 6.14. The van der Waals surface area contributed by atoms with E-state index in [1.54, 1.807) is 0 Å². The van der Waals surface area contributed by atoms with Gasteiger partial charge in [0.1, 0.15) is 0 Å². The van der Waals surface area contributed by atoms with Crippen LogP contribution in [0.1, 0.15) is 22.3 Å². The van der Waals surface area contributed by atoms with Crippen LogP contribution in [0.25, 0.3) is 54.9 Å². The van der Waals surface area contributed by atoms with Crippen molar-refractivity contribution in [2.24, 2.45) is 0 Å². The van der Waals surface area contributed by atoms with Crippen molar-refractivity contribution in [3.63, 3.8) is 0 Å². The molecule has 0 radical (unpaired) electrons. The Morgan fingerprint density at radius 1 is 0.293 bits per heavy atom. The van der Waals surface area contributed by atoms with Crippen LogP contribution in [0.2, 0.25) is 0 Å². The molecule has 0 N–H and O–H groups in total. The average Bonchev–Trinajstić information content (AvgIpc) is 3.61. The van der Waals surface area contributed by atoms with E-state index in [1.807, 2.05) is 0 Å². The summed E-state index contributed by atoms with van der Waals surface area (Å²) in [6.07, 6.45) is 0. The molecule has 10 aromatic carbocycles. The summed E-state index contributed by atoms with van der Waals surface area (Å²) >= 11 is 0. The molecule has 0 amide bonds. The van der Waals surface area contributed by atoms with E-state index in [9.17, 15) is 0 Å². The van der Waals surface area contributed by atoms with E-state index in [0.717, 1.165) is 17.1 Å². The highest BCUT2D eigenvalue weighted by Crippen LogP contribution is 2.57. The Labute approximate surface area is 339 Å². The molecule has 0 aromatic heterocycles. The molecule has 1 aliphatic rings. The monoisotopic (exact) mass is 737 g/mol. The average molecular weight is 738 g/mol.